The van der Waals surface area contributed by atoms with E-state index in [1.165, 1.54) is 12.1 Å². The van der Waals surface area contributed by atoms with E-state index in [1.54, 1.807) is 38.3 Å². The summed E-state index contributed by atoms with van der Waals surface area (Å²) in [5, 5.41) is 20.6. The standard InChI is InChI=1S/C27H35FO6/c1-5-33-27(31)15-22(30)14-21(29)10-11-24-25(18(2)3)16-23(34-13-12-32-4)17-26(24)19-6-8-20(28)9-7-19/h6-11,16-18,21-22,29-30H,5,12-15H2,1-4H3/b11-10+. The summed E-state index contributed by atoms with van der Waals surface area (Å²) in [5.74, 6) is -0.0293. The Labute approximate surface area is 201 Å². The van der Waals surface area contributed by atoms with Gasteiger partial charge in [0.2, 0.25) is 0 Å². The molecule has 7 heteroatoms. The molecule has 0 amide bonds. The molecule has 6 nitrogen and oxygen atoms in total. The van der Waals surface area contributed by atoms with E-state index >= 15 is 0 Å². The van der Waals surface area contributed by atoms with Crippen LogP contribution < -0.4 is 4.74 Å². The van der Waals surface area contributed by atoms with Crippen molar-refractivity contribution >= 4 is 12.0 Å². The Morgan fingerprint density at radius 3 is 2.44 bits per heavy atom. The molecular formula is C27H35FO6. The first kappa shape index (κ1) is 27.5. The van der Waals surface area contributed by atoms with Crippen LogP contribution in [0.1, 0.15) is 50.7 Å². The van der Waals surface area contributed by atoms with E-state index < -0.39 is 18.2 Å². The number of hydrogen-bond donors (Lipinski definition) is 2. The molecule has 0 fully saturated rings. The zero-order valence-electron chi connectivity index (χ0n) is 20.3. The molecule has 34 heavy (non-hydrogen) atoms. The molecule has 0 saturated carbocycles. The van der Waals surface area contributed by atoms with Crippen molar-refractivity contribution in [1.29, 1.82) is 0 Å². The van der Waals surface area contributed by atoms with Crippen LogP contribution in [-0.2, 0) is 14.3 Å². The molecule has 0 heterocycles. The second-order valence-corrected chi connectivity index (χ2v) is 8.30. The highest BCUT2D eigenvalue weighted by atomic mass is 19.1. The number of carbonyl (C=O) groups excluding carboxylic acids is 1. The van der Waals surface area contributed by atoms with E-state index in [4.69, 9.17) is 14.2 Å². The highest BCUT2D eigenvalue weighted by molar-refractivity contribution is 5.79. The Morgan fingerprint density at radius 2 is 1.82 bits per heavy atom. The van der Waals surface area contributed by atoms with Crippen LogP contribution in [0.25, 0.3) is 17.2 Å². The van der Waals surface area contributed by atoms with Gasteiger partial charge >= 0.3 is 5.97 Å². The fourth-order valence-electron chi connectivity index (χ4n) is 3.57. The van der Waals surface area contributed by atoms with Crippen molar-refractivity contribution in [1.82, 2.24) is 0 Å². The Hall–Kier alpha value is -2.74. The van der Waals surface area contributed by atoms with Crippen LogP contribution in [0.2, 0.25) is 0 Å². The largest absolute Gasteiger partial charge is 0.491 e. The van der Waals surface area contributed by atoms with Crippen LogP contribution in [0.3, 0.4) is 0 Å². The Bertz CT molecular complexity index is 939. The van der Waals surface area contributed by atoms with Crippen molar-refractivity contribution in [2.45, 2.75) is 51.7 Å². The summed E-state index contributed by atoms with van der Waals surface area (Å²) in [7, 11) is 1.61. The third kappa shape index (κ3) is 8.56. The van der Waals surface area contributed by atoms with E-state index in [9.17, 15) is 19.4 Å². The minimum atomic E-state index is -1.02. The fraction of sp³-hybridized carbons (Fsp3) is 0.444. The summed E-state index contributed by atoms with van der Waals surface area (Å²) in [6.45, 7) is 6.89. The average Bonchev–Trinajstić information content (AvgIpc) is 2.78. The zero-order chi connectivity index (χ0) is 25.1. The molecule has 2 N–H and O–H groups in total. The second-order valence-electron chi connectivity index (χ2n) is 8.30. The quantitative estimate of drug-likeness (QED) is 0.323. The van der Waals surface area contributed by atoms with Crippen LogP contribution >= 0.6 is 0 Å². The molecule has 0 saturated heterocycles. The lowest BCUT2D eigenvalue weighted by Gasteiger charge is -2.19. The Kier molecular flexibility index (Phi) is 11.2. The molecular weight excluding hydrogens is 439 g/mol. The van der Waals surface area contributed by atoms with Gasteiger partial charge in [0.15, 0.2) is 0 Å². The van der Waals surface area contributed by atoms with Gasteiger partial charge in [-0.3, -0.25) is 4.79 Å². The fourth-order valence-corrected chi connectivity index (χ4v) is 3.57. The predicted octanol–water partition coefficient (Wildman–Crippen LogP) is 4.72. The first-order valence-corrected chi connectivity index (χ1v) is 11.5. The maximum Gasteiger partial charge on any atom is 0.308 e. The SMILES string of the molecule is CCOC(=O)CC(O)CC(O)/C=C/c1c(-c2ccc(F)cc2)cc(OCCOC)cc1C(C)C. The number of rotatable bonds is 13. The lowest BCUT2D eigenvalue weighted by atomic mass is 9.89. The second kappa shape index (κ2) is 13.8. The third-order valence-electron chi connectivity index (χ3n) is 5.23. The topological polar surface area (TPSA) is 85.2 Å². The van der Waals surface area contributed by atoms with Crippen molar-refractivity contribution in [3.8, 4) is 16.9 Å². The number of benzene rings is 2. The van der Waals surface area contributed by atoms with E-state index in [2.05, 4.69) is 13.8 Å². The summed E-state index contributed by atoms with van der Waals surface area (Å²) in [4.78, 5) is 11.6. The molecule has 0 bridgehead atoms. The number of carbonyl (C=O) groups is 1. The lowest BCUT2D eigenvalue weighted by molar-refractivity contribution is -0.145. The number of hydrogen-bond acceptors (Lipinski definition) is 6. The summed E-state index contributed by atoms with van der Waals surface area (Å²) < 4.78 is 29.3. The monoisotopic (exact) mass is 474 g/mol. The maximum atomic E-state index is 13.6. The van der Waals surface area contributed by atoms with Gasteiger partial charge in [-0.1, -0.05) is 38.1 Å². The first-order valence-electron chi connectivity index (χ1n) is 11.5. The van der Waals surface area contributed by atoms with Gasteiger partial charge < -0.3 is 24.4 Å². The smallest absolute Gasteiger partial charge is 0.308 e. The summed E-state index contributed by atoms with van der Waals surface area (Å²) in [6.07, 6.45) is 1.23. The molecule has 186 valence electrons. The van der Waals surface area contributed by atoms with Crippen LogP contribution in [0.4, 0.5) is 4.39 Å². The molecule has 2 aromatic carbocycles. The number of methoxy groups -OCH3 is 1. The lowest BCUT2D eigenvalue weighted by Crippen LogP contribution is -2.20. The van der Waals surface area contributed by atoms with Crippen LogP contribution in [0.15, 0.2) is 42.5 Å². The van der Waals surface area contributed by atoms with Gasteiger partial charge in [-0.25, -0.2) is 4.39 Å². The van der Waals surface area contributed by atoms with Crippen molar-refractivity contribution in [2.75, 3.05) is 26.9 Å². The molecule has 2 rings (SSSR count). The summed E-state index contributed by atoms with van der Waals surface area (Å²) in [6, 6.07) is 10.0. The molecule has 0 aliphatic heterocycles. The maximum absolute atomic E-state index is 13.6. The van der Waals surface area contributed by atoms with E-state index in [0.717, 1.165) is 22.3 Å². The number of halogens is 1. The van der Waals surface area contributed by atoms with Crippen molar-refractivity contribution in [2.24, 2.45) is 0 Å². The number of aliphatic hydroxyl groups is 2. The van der Waals surface area contributed by atoms with Crippen LogP contribution in [0.5, 0.6) is 5.75 Å². The van der Waals surface area contributed by atoms with Gasteiger partial charge in [0, 0.05) is 13.5 Å². The van der Waals surface area contributed by atoms with E-state index in [-0.39, 0.29) is 31.2 Å². The van der Waals surface area contributed by atoms with Gasteiger partial charge in [0.1, 0.15) is 18.2 Å². The van der Waals surface area contributed by atoms with Gasteiger partial charge in [0.05, 0.1) is 31.8 Å². The molecule has 2 unspecified atom stereocenters. The highest BCUT2D eigenvalue weighted by Crippen LogP contribution is 2.36. The molecule has 0 radical (unpaired) electrons. The number of esters is 1. The van der Waals surface area contributed by atoms with Crippen molar-refractivity contribution in [3.63, 3.8) is 0 Å². The predicted molar refractivity (Wildman–Crippen MR) is 130 cm³/mol. The normalized spacial score (nSPS) is 13.3. The van der Waals surface area contributed by atoms with Crippen LogP contribution in [-0.4, -0.2) is 55.3 Å². The Morgan fingerprint density at radius 1 is 1.12 bits per heavy atom. The van der Waals surface area contributed by atoms with Crippen molar-refractivity contribution in [3.05, 3.63) is 59.4 Å². The molecule has 0 aliphatic rings. The minimum Gasteiger partial charge on any atom is -0.491 e. The van der Waals surface area contributed by atoms with Gasteiger partial charge in [-0.2, -0.15) is 0 Å². The van der Waals surface area contributed by atoms with Gasteiger partial charge in [-0.05, 0) is 59.4 Å². The van der Waals surface area contributed by atoms with E-state index in [0.29, 0.717) is 19.0 Å². The molecule has 0 aliphatic carbocycles. The van der Waals surface area contributed by atoms with Gasteiger partial charge in [0.25, 0.3) is 0 Å². The zero-order valence-corrected chi connectivity index (χ0v) is 20.3. The molecule has 2 atom stereocenters. The van der Waals surface area contributed by atoms with Crippen LogP contribution in [0, 0.1) is 5.82 Å². The number of aliphatic hydroxyl groups excluding tert-OH is 2. The first-order chi connectivity index (χ1) is 16.2. The van der Waals surface area contributed by atoms with Crippen molar-refractivity contribution < 1.29 is 33.6 Å². The van der Waals surface area contributed by atoms with Gasteiger partial charge in [-0.15, -0.1) is 0 Å². The highest BCUT2D eigenvalue weighted by Gasteiger charge is 2.17. The minimum absolute atomic E-state index is 0.00355. The molecule has 0 aromatic heterocycles. The Balaban J connectivity index is 2.37. The molecule has 0 spiro atoms. The summed E-state index contributed by atoms with van der Waals surface area (Å²) >= 11 is 0. The summed E-state index contributed by atoms with van der Waals surface area (Å²) in [5.41, 5.74) is 3.48. The van der Waals surface area contributed by atoms with E-state index in [1.807, 2.05) is 12.1 Å². The number of ether oxygens (including phenoxy) is 3. The average molecular weight is 475 g/mol. The third-order valence-corrected chi connectivity index (χ3v) is 5.23. The molecule has 2 aromatic rings.